The van der Waals surface area contributed by atoms with Crippen LogP contribution in [0.3, 0.4) is 0 Å². The fourth-order valence-electron chi connectivity index (χ4n) is 2.72. The van der Waals surface area contributed by atoms with Crippen LogP contribution in [-0.4, -0.2) is 15.8 Å². The van der Waals surface area contributed by atoms with Crippen LogP contribution in [-0.2, 0) is 13.6 Å². The molecule has 0 radical (unpaired) electrons. The molecule has 2 rings (SSSR count). The lowest BCUT2D eigenvalue weighted by Crippen LogP contribution is -2.37. The van der Waals surface area contributed by atoms with Crippen LogP contribution in [0.1, 0.15) is 44.0 Å². The smallest absolute Gasteiger partial charge is 0.0860 e. The minimum atomic E-state index is 0.634. The topological polar surface area (TPSA) is 29.9 Å². The molecule has 3 nitrogen and oxygen atoms in total. The molecule has 1 heterocycles. The van der Waals surface area contributed by atoms with Crippen molar-refractivity contribution >= 4 is 11.6 Å². The van der Waals surface area contributed by atoms with Crippen LogP contribution in [0, 0.1) is 12.8 Å². The van der Waals surface area contributed by atoms with Crippen molar-refractivity contribution in [3.05, 3.63) is 16.4 Å². The highest BCUT2D eigenvalue weighted by molar-refractivity contribution is 6.31. The predicted octanol–water partition coefficient (Wildman–Crippen LogP) is 3.05. The van der Waals surface area contributed by atoms with Crippen LogP contribution >= 0.6 is 11.6 Å². The monoisotopic (exact) mass is 255 g/mol. The Labute approximate surface area is 109 Å². The fourth-order valence-corrected chi connectivity index (χ4v) is 2.95. The van der Waals surface area contributed by atoms with Gasteiger partial charge in [0.05, 0.1) is 16.4 Å². The van der Waals surface area contributed by atoms with Gasteiger partial charge in [0.25, 0.3) is 0 Å². The third-order valence-corrected chi connectivity index (χ3v) is 4.40. The highest BCUT2D eigenvalue weighted by Gasteiger charge is 2.21. The van der Waals surface area contributed by atoms with E-state index in [1.807, 2.05) is 18.7 Å². The Kier molecular flexibility index (Phi) is 4.10. The summed E-state index contributed by atoms with van der Waals surface area (Å²) in [4.78, 5) is 0. The van der Waals surface area contributed by atoms with Crippen molar-refractivity contribution in [2.24, 2.45) is 13.0 Å². The summed E-state index contributed by atoms with van der Waals surface area (Å²) in [7, 11) is 1.96. The van der Waals surface area contributed by atoms with E-state index in [1.165, 1.54) is 25.7 Å². The van der Waals surface area contributed by atoms with Gasteiger partial charge in [-0.2, -0.15) is 5.10 Å². The van der Waals surface area contributed by atoms with E-state index in [4.69, 9.17) is 11.6 Å². The molecule has 0 amide bonds. The number of nitrogens with one attached hydrogen (secondary N) is 1. The van der Waals surface area contributed by atoms with E-state index in [-0.39, 0.29) is 0 Å². The lowest BCUT2D eigenvalue weighted by Gasteiger charge is -2.29. The Morgan fingerprint density at radius 2 is 2.12 bits per heavy atom. The summed E-state index contributed by atoms with van der Waals surface area (Å²) < 4.78 is 1.89. The molecule has 0 spiro atoms. The molecule has 0 saturated heterocycles. The zero-order chi connectivity index (χ0) is 12.4. The number of nitrogens with zero attached hydrogens (tertiary/aromatic N) is 2. The minimum Gasteiger partial charge on any atom is -0.308 e. The SMILES string of the molecule is Cc1nn(C)c(CNC2CCCCC2C)c1Cl. The first-order chi connectivity index (χ1) is 8.09. The van der Waals surface area contributed by atoms with E-state index in [0.29, 0.717) is 6.04 Å². The third-order valence-electron chi connectivity index (χ3n) is 3.90. The predicted molar refractivity (Wildman–Crippen MR) is 71.2 cm³/mol. The quantitative estimate of drug-likeness (QED) is 0.900. The molecule has 0 bridgehead atoms. The van der Waals surface area contributed by atoms with Crippen molar-refractivity contribution in [3.63, 3.8) is 0 Å². The van der Waals surface area contributed by atoms with Gasteiger partial charge in [0.1, 0.15) is 0 Å². The van der Waals surface area contributed by atoms with Crippen LogP contribution in [0.4, 0.5) is 0 Å². The van der Waals surface area contributed by atoms with Crippen molar-refractivity contribution < 1.29 is 0 Å². The van der Waals surface area contributed by atoms with E-state index in [9.17, 15) is 0 Å². The summed E-state index contributed by atoms with van der Waals surface area (Å²) in [5.74, 6) is 0.775. The maximum Gasteiger partial charge on any atom is 0.0860 e. The van der Waals surface area contributed by atoms with Gasteiger partial charge in [0.2, 0.25) is 0 Å². The van der Waals surface area contributed by atoms with Crippen molar-refractivity contribution in [3.8, 4) is 0 Å². The maximum absolute atomic E-state index is 6.24. The molecule has 96 valence electrons. The number of hydrogen-bond acceptors (Lipinski definition) is 2. The number of hydrogen-bond donors (Lipinski definition) is 1. The Balaban J connectivity index is 1.97. The number of rotatable bonds is 3. The molecule has 2 unspecified atom stereocenters. The van der Waals surface area contributed by atoms with Gasteiger partial charge in [-0.1, -0.05) is 31.4 Å². The molecule has 1 aromatic rings. The molecule has 17 heavy (non-hydrogen) atoms. The van der Waals surface area contributed by atoms with Gasteiger partial charge >= 0.3 is 0 Å². The number of aromatic nitrogens is 2. The first kappa shape index (κ1) is 12.9. The molecule has 1 N–H and O–H groups in total. The molecule has 1 saturated carbocycles. The minimum absolute atomic E-state index is 0.634. The van der Waals surface area contributed by atoms with Crippen LogP contribution in [0.2, 0.25) is 5.02 Å². The van der Waals surface area contributed by atoms with Crippen LogP contribution in [0.5, 0.6) is 0 Å². The lowest BCUT2D eigenvalue weighted by atomic mass is 9.86. The summed E-state index contributed by atoms with van der Waals surface area (Å²) >= 11 is 6.24. The second kappa shape index (κ2) is 5.40. The van der Waals surface area contributed by atoms with Crippen molar-refractivity contribution in [2.45, 2.75) is 52.1 Å². The molecule has 1 aliphatic carbocycles. The molecule has 0 aliphatic heterocycles. The van der Waals surface area contributed by atoms with Gasteiger partial charge in [-0.15, -0.1) is 0 Å². The van der Waals surface area contributed by atoms with Crippen molar-refractivity contribution in [1.29, 1.82) is 0 Å². The summed E-state index contributed by atoms with van der Waals surface area (Å²) in [6.45, 7) is 5.12. The second-order valence-corrected chi connectivity index (χ2v) is 5.60. The van der Waals surface area contributed by atoms with Crippen molar-refractivity contribution in [2.75, 3.05) is 0 Å². The molecule has 2 atom stereocenters. The summed E-state index contributed by atoms with van der Waals surface area (Å²) in [6, 6.07) is 0.634. The zero-order valence-electron chi connectivity index (χ0n) is 11.0. The van der Waals surface area contributed by atoms with E-state index < -0.39 is 0 Å². The Morgan fingerprint density at radius 1 is 1.41 bits per heavy atom. The summed E-state index contributed by atoms with van der Waals surface area (Å²) in [6.07, 6.45) is 5.36. The molecular weight excluding hydrogens is 234 g/mol. The van der Waals surface area contributed by atoms with Gasteiger partial charge in [-0.3, -0.25) is 4.68 Å². The van der Waals surface area contributed by atoms with E-state index in [2.05, 4.69) is 17.3 Å². The zero-order valence-corrected chi connectivity index (χ0v) is 11.7. The van der Waals surface area contributed by atoms with E-state index in [0.717, 1.165) is 28.9 Å². The molecule has 1 aromatic heterocycles. The Bertz CT molecular complexity index is 386. The largest absolute Gasteiger partial charge is 0.308 e. The summed E-state index contributed by atoms with van der Waals surface area (Å²) in [5.41, 5.74) is 2.02. The standard InChI is InChI=1S/C13H22ClN3/c1-9-6-4-5-7-11(9)15-8-12-13(14)10(2)16-17(12)3/h9,11,15H,4-8H2,1-3H3. The molecule has 0 aromatic carbocycles. The fraction of sp³-hybridized carbons (Fsp3) is 0.769. The van der Waals surface area contributed by atoms with E-state index >= 15 is 0 Å². The molecule has 4 heteroatoms. The molecule has 1 fully saturated rings. The van der Waals surface area contributed by atoms with Crippen LogP contribution in [0.25, 0.3) is 0 Å². The van der Waals surface area contributed by atoms with Crippen LogP contribution in [0.15, 0.2) is 0 Å². The Hall–Kier alpha value is -0.540. The maximum atomic E-state index is 6.24. The highest BCUT2D eigenvalue weighted by atomic mass is 35.5. The third kappa shape index (κ3) is 2.83. The average Bonchev–Trinajstić information content (AvgIpc) is 2.53. The van der Waals surface area contributed by atoms with Gasteiger partial charge in [0.15, 0.2) is 0 Å². The molecule has 1 aliphatic rings. The average molecular weight is 256 g/mol. The van der Waals surface area contributed by atoms with Crippen molar-refractivity contribution in [1.82, 2.24) is 15.1 Å². The normalized spacial score (nSPS) is 25.2. The highest BCUT2D eigenvalue weighted by Crippen LogP contribution is 2.25. The number of halogens is 1. The summed E-state index contributed by atoms with van der Waals surface area (Å²) in [5, 5.41) is 8.78. The number of aryl methyl sites for hydroxylation is 2. The lowest BCUT2D eigenvalue weighted by molar-refractivity contribution is 0.277. The first-order valence-corrected chi connectivity index (χ1v) is 6.88. The second-order valence-electron chi connectivity index (χ2n) is 5.22. The molecular formula is C13H22ClN3. The van der Waals surface area contributed by atoms with Crippen LogP contribution < -0.4 is 5.32 Å². The van der Waals surface area contributed by atoms with Gasteiger partial charge in [0, 0.05) is 19.6 Å². The van der Waals surface area contributed by atoms with Gasteiger partial charge in [-0.05, 0) is 25.7 Å². The van der Waals surface area contributed by atoms with Gasteiger partial charge < -0.3 is 5.32 Å². The Morgan fingerprint density at radius 3 is 2.71 bits per heavy atom. The van der Waals surface area contributed by atoms with E-state index in [1.54, 1.807) is 0 Å². The van der Waals surface area contributed by atoms with Gasteiger partial charge in [-0.25, -0.2) is 0 Å². The first-order valence-electron chi connectivity index (χ1n) is 6.51.